The lowest BCUT2D eigenvalue weighted by Crippen LogP contribution is -2.44. The summed E-state index contributed by atoms with van der Waals surface area (Å²) in [5.41, 5.74) is 0.737. The van der Waals surface area contributed by atoms with E-state index in [-0.39, 0.29) is 11.9 Å². The van der Waals surface area contributed by atoms with Gasteiger partial charge in [-0.1, -0.05) is 37.6 Å². The molecule has 0 heterocycles. The third-order valence-electron chi connectivity index (χ3n) is 5.66. The maximum absolute atomic E-state index is 13.1. The number of fused-ring (bicyclic) bond motifs is 2. The second-order valence-corrected chi connectivity index (χ2v) is 7.93. The molecule has 0 saturated heterocycles. The van der Waals surface area contributed by atoms with Crippen molar-refractivity contribution in [2.75, 3.05) is 6.54 Å². The maximum Gasteiger partial charge on any atom is 0.254 e. The van der Waals surface area contributed by atoms with Gasteiger partial charge >= 0.3 is 0 Å². The van der Waals surface area contributed by atoms with Crippen LogP contribution in [-0.2, 0) is 0 Å². The molecule has 2 aliphatic carbocycles. The van der Waals surface area contributed by atoms with Gasteiger partial charge in [-0.3, -0.25) is 4.79 Å². The fraction of sp³-hybridized carbons (Fsp3) is 0.550. The number of allylic oxidation sites excluding steroid dienone is 2. The maximum atomic E-state index is 13.1. The van der Waals surface area contributed by atoms with E-state index in [1.54, 1.807) is 12.1 Å². The Balaban J connectivity index is 1.79. The summed E-state index contributed by atoms with van der Waals surface area (Å²) in [6, 6.07) is 7.51. The molecule has 2 nitrogen and oxygen atoms in total. The average molecular weight is 332 g/mol. The lowest BCUT2D eigenvalue weighted by Gasteiger charge is -2.35. The van der Waals surface area contributed by atoms with Crippen molar-refractivity contribution in [3.8, 4) is 0 Å². The lowest BCUT2D eigenvalue weighted by molar-refractivity contribution is 0.0594. The smallest absolute Gasteiger partial charge is 0.254 e. The number of rotatable bonds is 5. The zero-order valence-corrected chi connectivity index (χ0v) is 15.0. The summed E-state index contributed by atoms with van der Waals surface area (Å²) in [6.45, 7) is 7.41. The van der Waals surface area contributed by atoms with Crippen molar-refractivity contribution in [2.45, 2.75) is 39.7 Å². The SMILES string of the molecule is CC(C)C(C)N(CC1CC2C=CC1C2)C(=O)c1ccc(Cl)cc1. The highest BCUT2D eigenvalue weighted by molar-refractivity contribution is 6.30. The quantitative estimate of drug-likeness (QED) is 0.692. The average Bonchev–Trinajstić information content (AvgIpc) is 3.14. The van der Waals surface area contributed by atoms with Gasteiger partial charge in [-0.15, -0.1) is 0 Å². The number of hydrogen-bond donors (Lipinski definition) is 0. The molecule has 1 aromatic carbocycles. The summed E-state index contributed by atoms with van der Waals surface area (Å²) in [4.78, 5) is 15.2. The summed E-state index contributed by atoms with van der Waals surface area (Å²) in [7, 11) is 0. The van der Waals surface area contributed by atoms with Crippen molar-refractivity contribution in [3.05, 3.63) is 47.0 Å². The first-order chi connectivity index (χ1) is 11.0. The van der Waals surface area contributed by atoms with Gasteiger partial charge < -0.3 is 4.90 Å². The minimum absolute atomic E-state index is 0.134. The van der Waals surface area contributed by atoms with E-state index in [0.29, 0.717) is 22.8 Å². The predicted octanol–water partition coefficient (Wildman–Crippen LogP) is 5.04. The number of nitrogens with zero attached hydrogens (tertiary/aromatic N) is 1. The van der Waals surface area contributed by atoms with Gasteiger partial charge in [0.25, 0.3) is 5.91 Å². The second-order valence-electron chi connectivity index (χ2n) is 7.49. The van der Waals surface area contributed by atoms with Crippen LogP contribution in [-0.4, -0.2) is 23.4 Å². The van der Waals surface area contributed by atoms with Gasteiger partial charge in [-0.25, -0.2) is 0 Å². The predicted molar refractivity (Wildman–Crippen MR) is 95.6 cm³/mol. The Morgan fingerprint density at radius 3 is 2.39 bits per heavy atom. The van der Waals surface area contributed by atoms with Gasteiger partial charge in [0.15, 0.2) is 0 Å². The highest BCUT2D eigenvalue weighted by Crippen LogP contribution is 2.44. The fourth-order valence-corrected chi connectivity index (χ4v) is 4.04. The Bertz CT molecular complexity index is 592. The summed E-state index contributed by atoms with van der Waals surface area (Å²) in [5.74, 6) is 2.60. The molecule has 3 rings (SSSR count). The molecule has 0 radical (unpaired) electrons. The van der Waals surface area contributed by atoms with Gasteiger partial charge in [0.05, 0.1) is 0 Å². The zero-order valence-electron chi connectivity index (χ0n) is 14.2. The molecule has 2 aliphatic rings. The van der Waals surface area contributed by atoms with Crippen LogP contribution >= 0.6 is 11.6 Å². The normalized spacial score (nSPS) is 26.7. The lowest BCUT2D eigenvalue weighted by atomic mass is 9.91. The number of halogens is 1. The number of amides is 1. The van der Waals surface area contributed by atoms with Crippen LogP contribution in [0.2, 0.25) is 5.02 Å². The van der Waals surface area contributed by atoms with Crippen molar-refractivity contribution < 1.29 is 4.79 Å². The van der Waals surface area contributed by atoms with Crippen molar-refractivity contribution in [3.63, 3.8) is 0 Å². The van der Waals surface area contributed by atoms with Gasteiger partial charge in [0, 0.05) is 23.2 Å². The zero-order chi connectivity index (χ0) is 16.6. The van der Waals surface area contributed by atoms with E-state index < -0.39 is 0 Å². The van der Waals surface area contributed by atoms with Crippen molar-refractivity contribution in [2.24, 2.45) is 23.7 Å². The molecule has 0 spiro atoms. The molecule has 1 saturated carbocycles. The molecular formula is C20H26ClNO. The molecule has 23 heavy (non-hydrogen) atoms. The molecule has 3 heteroatoms. The Labute approximate surface area is 144 Å². The van der Waals surface area contributed by atoms with E-state index in [9.17, 15) is 4.79 Å². The van der Waals surface area contributed by atoms with Gasteiger partial charge in [0.2, 0.25) is 0 Å². The molecule has 2 bridgehead atoms. The van der Waals surface area contributed by atoms with Crippen LogP contribution in [0, 0.1) is 23.7 Å². The summed E-state index contributed by atoms with van der Waals surface area (Å²) >= 11 is 5.96. The summed E-state index contributed by atoms with van der Waals surface area (Å²) in [5, 5.41) is 0.670. The third kappa shape index (κ3) is 3.47. The first kappa shape index (κ1) is 16.6. The van der Waals surface area contributed by atoms with Crippen LogP contribution < -0.4 is 0 Å². The van der Waals surface area contributed by atoms with Crippen LogP contribution in [0.4, 0.5) is 0 Å². The Morgan fingerprint density at radius 2 is 1.87 bits per heavy atom. The molecule has 1 fully saturated rings. The number of carbonyl (C=O) groups excluding carboxylic acids is 1. The van der Waals surface area contributed by atoms with E-state index in [0.717, 1.165) is 18.0 Å². The fourth-order valence-electron chi connectivity index (χ4n) is 3.91. The Kier molecular flexibility index (Phi) is 4.82. The van der Waals surface area contributed by atoms with Crippen molar-refractivity contribution in [1.29, 1.82) is 0 Å². The largest absolute Gasteiger partial charge is 0.335 e. The minimum atomic E-state index is 0.134. The molecule has 4 unspecified atom stereocenters. The summed E-state index contributed by atoms with van der Waals surface area (Å²) < 4.78 is 0. The van der Waals surface area contributed by atoms with Crippen LogP contribution in [0.3, 0.4) is 0 Å². The molecule has 0 N–H and O–H groups in total. The second kappa shape index (κ2) is 6.68. The molecule has 124 valence electrons. The van der Waals surface area contributed by atoms with Crippen LogP contribution in [0.5, 0.6) is 0 Å². The topological polar surface area (TPSA) is 20.3 Å². The van der Waals surface area contributed by atoms with Crippen molar-refractivity contribution >= 4 is 17.5 Å². The third-order valence-corrected chi connectivity index (χ3v) is 5.91. The van der Waals surface area contributed by atoms with E-state index in [2.05, 4.69) is 37.8 Å². The van der Waals surface area contributed by atoms with Crippen LogP contribution in [0.1, 0.15) is 44.0 Å². The Morgan fingerprint density at radius 1 is 1.17 bits per heavy atom. The van der Waals surface area contributed by atoms with Gasteiger partial charge in [-0.2, -0.15) is 0 Å². The highest BCUT2D eigenvalue weighted by Gasteiger charge is 2.38. The Hall–Kier alpha value is -1.28. The number of benzene rings is 1. The first-order valence-electron chi connectivity index (χ1n) is 8.70. The van der Waals surface area contributed by atoms with Crippen LogP contribution in [0.15, 0.2) is 36.4 Å². The molecule has 1 amide bonds. The van der Waals surface area contributed by atoms with E-state index in [1.165, 1.54) is 12.8 Å². The highest BCUT2D eigenvalue weighted by atomic mass is 35.5. The summed E-state index contributed by atoms with van der Waals surface area (Å²) in [6.07, 6.45) is 7.24. The van der Waals surface area contributed by atoms with E-state index >= 15 is 0 Å². The molecular weight excluding hydrogens is 306 g/mol. The van der Waals surface area contributed by atoms with Gasteiger partial charge in [-0.05, 0) is 67.7 Å². The van der Waals surface area contributed by atoms with E-state index in [4.69, 9.17) is 11.6 Å². The van der Waals surface area contributed by atoms with Gasteiger partial charge in [0.1, 0.15) is 0 Å². The minimum Gasteiger partial charge on any atom is -0.335 e. The van der Waals surface area contributed by atoms with Crippen LogP contribution in [0.25, 0.3) is 0 Å². The van der Waals surface area contributed by atoms with Crippen molar-refractivity contribution in [1.82, 2.24) is 4.90 Å². The monoisotopic (exact) mass is 331 g/mol. The standard InChI is InChI=1S/C20H26ClNO/c1-13(2)14(3)22(12-18-11-15-4-5-17(18)10-15)20(23)16-6-8-19(21)9-7-16/h4-9,13-15,17-18H,10-12H2,1-3H3. The molecule has 4 atom stereocenters. The number of hydrogen-bond acceptors (Lipinski definition) is 1. The molecule has 1 aromatic rings. The first-order valence-corrected chi connectivity index (χ1v) is 9.08. The van der Waals surface area contributed by atoms with E-state index in [1.807, 2.05) is 12.1 Å². The molecule has 0 aromatic heterocycles. The number of carbonyl (C=O) groups is 1. The molecule has 0 aliphatic heterocycles.